The molecule has 1 aromatic heterocycles. The maximum Gasteiger partial charge on any atom is 0.307 e. The number of hydrogen-bond donors (Lipinski definition) is 0. The van der Waals surface area contributed by atoms with Crippen LogP contribution in [0.1, 0.15) is 42.1 Å². The summed E-state index contributed by atoms with van der Waals surface area (Å²) in [5, 5.41) is 0. The molecule has 0 bridgehead atoms. The van der Waals surface area contributed by atoms with E-state index >= 15 is 0 Å². The molecule has 0 aliphatic heterocycles. The van der Waals surface area contributed by atoms with E-state index in [0.717, 1.165) is 36.4 Å². The molecular weight excluding hydrogens is 236 g/mol. The second kappa shape index (κ2) is 6.00. The summed E-state index contributed by atoms with van der Waals surface area (Å²) in [6.07, 6.45) is 2.06. The van der Waals surface area contributed by atoms with Crippen molar-refractivity contribution >= 4 is 17.2 Å². The second-order valence-corrected chi connectivity index (χ2v) is 5.04. The van der Waals surface area contributed by atoms with E-state index in [4.69, 9.17) is 0 Å². The minimum absolute atomic E-state index is 0.0128. The minimum atomic E-state index is -0.0719. The fourth-order valence-electron chi connectivity index (χ4n) is 1.61. The third kappa shape index (κ3) is 2.97. The molecule has 96 valence electrons. The Morgan fingerprint density at radius 1 is 1.41 bits per heavy atom. The lowest BCUT2D eigenvalue weighted by atomic mass is 10.3. The molecule has 17 heavy (non-hydrogen) atoms. The minimum Gasteiger partial charge on any atom is -0.338 e. The van der Waals surface area contributed by atoms with Crippen molar-refractivity contribution in [3.63, 3.8) is 0 Å². The monoisotopic (exact) mass is 256 g/mol. The first-order valence-electron chi connectivity index (χ1n) is 5.98. The quantitative estimate of drug-likeness (QED) is 0.809. The normalized spacial score (nSPS) is 10.6. The van der Waals surface area contributed by atoms with Gasteiger partial charge in [0.15, 0.2) is 0 Å². The van der Waals surface area contributed by atoms with Gasteiger partial charge in [-0.2, -0.15) is 0 Å². The van der Waals surface area contributed by atoms with Crippen LogP contribution in [-0.4, -0.2) is 28.5 Å². The summed E-state index contributed by atoms with van der Waals surface area (Å²) in [4.78, 5) is 26.1. The van der Waals surface area contributed by atoms with Gasteiger partial charge in [-0.05, 0) is 20.3 Å². The summed E-state index contributed by atoms with van der Waals surface area (Å²) in [5.74, 6) is -0.0128. The molecule has 1 rings (SSSR count). The van der Waals surface area contributed by atoms with Crippen LogP contribution in [0.3, 0.4) is 0 Å². The lowest BCUT2D eigenvalue weighted by Crippen LogP contribution is -2.31. The Bertz CT molecular complexity index is 448. The van der Waals surface area contributed by atoms with Gasteiger partial charge in [0.25, 0.3) is 5.91 Å². The first-order chi connectivity index (χ1) is 8.02. The number of carbonyl (C=O) groups excluding carboxylic acids is 1. The molecule has 1 amide bonds. The molecule has 0 unspecified atom stereocenters. The van der Waals surface area contributed by atoms with Crippen molar-refractivity contribution in [3.8, 4) is 0 Å². The summed E-state index contributed by atoms with van der Waals surface area (Å²) in [6, 6.07) is 0. The Hall–Kier alpha value is -1.10. The zero-order chi connectivity index (χ0) is 13.0. The fourth-order valence-corrected chi connectivity index (χ4v) is 2.56. The smallest absolute Gasteiger partial charge is 0.307 e. The van der Waals surface area contributed by atoms with Gasteiger partial charge in [0.2, 0.25) is 0 Å². The lowest BCUT2D eigenvalue weighted by molar-refractivity contribution is 0.0766. The van der Waals surface area contributed by atoms with E-state index in [0.29, 0.717) is 11.4 Å². The van der Waals surface area contributed by atoms with Gasteiger partial charge >= 0.3 is 4.87 Å². The van der Waals surface area contributed by atoms with E-state index in [2.05, 4.69) is 6.92 Å². The van der Waals surface area contributed by atoms with Crippen molar-refractivity contribution < 1.29 is 4.79 Å². The number of nitrogens with zero attached hydrogens (tertiary/aromatic N) is 2. The number of rotatable bonds is 5. The molecule has 0 aromatic carbocycles. The van der Waals surface area contributed by atoms with E-state index in [-0.39, 0.29) is 10.8 Å². The van der Waals surface area contributed by atoms with Crippen molar-refractivity contribution in [1.29, 1.82) is 0 Å². The highest BCUT2D eigenvalue weighted by atomic mass is 32.1. The van der Waals surface area contributed by atoms with E-state index in [1.165, 1.54) is 4.57 Å². The van der Waals surface area contributed by atoms with Crippen LogP contribution in [0.15, 0.2) is 4.79 Å². The SMILES string of the molecule is CCCCN(CC)C(=O)c1sc(=O)n(C)c1C. The Morgan fingerprint density at radius 2 is 2.06 bits per heavy atom. The average Bonchev–Trinajstić information content (AvgIpc) is 2.57. The van der Waals surface area contributed by atoms with Crippen LogP contribution in [-0.2, 0) is 7.05 Å². The Balaban J connectivity index is 2.94. The van der Waals surface area contributed by atoms with Crippen LogP contribution >= 0.6 is 11.3 Å². The molecule has 5 heteroatoms. The van der Waals surface area contributed by atoms with Gasteiger partial charge in [-0.15, -0.1) is 0 Å². The number of aromatic nitrogens is 1. The van der Waals surface area contributed by atoms with E-state index in [1.807, 2.05) is 18.7 Å². The van der Waals surface area contributed by atoms with E-state index < -0.39 is 0 Å². The van der Waals surface area contributed by atoms with Gasteiger partial charge in [0.1, 0.15) is 4.88 Å². The molecule has 4 nitrogen and oxygen atoms in total. The summed E-state index contributed by atoms with van der Waals surface area (Å²) >= 11 is 1.04. The highest BCUT2D eigenvalue weighted by Gasteiger charge is 2.20. The zero-order valence-corrected chi connectivity index (χ0v) is 11.8. The number of unbranched alkanes of at least 4 members (excludes halogenated alkanes) is 1. The lowest BCUT2D eigenvalue weighted by Gasteiger charge is -2.20. The maximum atomic E-state index is 12.3. The van der Waals surface area contributed by atoms with Crippen molar-refractivity contribution in [2.75, 3.05) is 13.1 Å². The average molecular weight is 256 g/mol. The molecular formula is C12H20N2O2S. The molecule has 1 aromatic rings. The topological polar surface area (TPSA) is 42.3 Å². The molecule has 0 aliphatic carbocycles. The Morgan fingerprint density at radius 3 is 2.47 bits per heavy atom. The van der Waals surface area contributed by atoms with Crippen molar-refractivity contribution in [1.82, 2.24) is 9.47 Å². The van der Waals surface area contributed by atoms with Crippen LogP contribution in [0.4, 0.5) is 0 Å². The first kappa shape index (κ1) is 14.0. The number of amides is 1. The zero-order valence-electron chi connectivity index (χ0n) is 10.9. The van der Waals surface area contributed by atoms with Gasteiger partial charge in [0.05, 0.1) is 0 Å². The maximum absolute atomic E-state index is 12.3. The number of carbonyl (C=O) groups is 1. The fraction of sp³-hybridized carbons (Fsp3) is 0.667. The molecule has 0 spiro atoms. The molecule has 0 fully saturated rings. The first-order valence-corrected chi connectivity index (χ1v) is 6.80. The molecule has 0 aliphatic rings. The van der Waals surface area contributed by atoms with Gasteiger partial charge < -0.3 is 9.47 Å². The number of thiazole rings is 1. The summed E-state index contributed by atoms with van der Waals surface area (Å²) in [5.41, 5.74) is 0.764. The van der Waals surface area contributed by atoms with Gasteiger partial charge in [0, 0.05) is 25.8 Å². The van der Waals surface area contributed by atoms with Crippen molar-refractivity contribution in [3.05, 3.63) is 20.2 Å². The van der Waals surface area contributed by atoms with Crippen LogP contribution in [0.2, 0.25) is 0 Å². The summed E-state index contributed by atoms with van der Waals surface area (Å²) in [6.45, 7) is 7.34. The molecule has 0 saturated carbocycles. The van der Waals surface area contributed by atoms with Gasteiger partial charge in [-0.25, -0.2) is 0 Å². The molecule has 0 atom stereocenters. The Kier molecular flexibility index (Phi) is 4.93. The molecule has 1 heterocycles. The largest absolute Gasteiger partial charge is 0.338 e. The van der Waals surface area contributed by atoms with Crippen LogP contribution < -0.4 is 4.87 Å². The predicted molar refractivity (Wildman–Crippen MR) is 70.8 cm³/mol. The third-order valence-electron chi connectivity index (χ3n) is 2.94. The van der Waals surface area contributed by atoms with E-state index in [1.54, 1.807) is 7.05 Å². The summed E-state index contributed by atoms with van der Waals surface area (Å²) < 4.78 is 1.53. The Labute approximate surface area is 106 Å². The van der Waals surface area contributed by atoms with Crippen LogP contribution in [0.25, 0.3) is 0 Å². The van der Waals surface area contributed by atoms with Crippen LogP contribution in [0, 0.1) is 6.92 Å². The summed E-state index contributed by atoms with van der Waals surface area (Å²) in [7, 11) is 1.70. The number of hydrogen-bond acceptors (Lipinski definition) is 3. The van der Waals surface area contributed by atoms with Gasteiger partial charge in [-0.1, -0.05) is 24.7 Å². The predicted octanol–water partition coefficient (Wildman–Crippen LogP) is 2.02. The van der Waals surface area contributed by atoms with Crippen molar-refractivity contribution in [2.45, 2.75) is 33.6 Å². The second-order valence-electron chi connectivity index (χ2n) is 4.08. The molecule has 0 saturated heterocycles. The van der Waals surface area contributed by atoms with Gasteiger partial charge in [-0.3, -0.25) is 9.59 Å². The third-order valence-corrected chi connectivity index (χ3v) is 4.06. The van der Waals surface area contributed by atoms with E-state index in [9.17, 15) is 9.59 Å². The van der Waals surface area contributed by atoms with Crippen LogP contribution in [0.5, 0.6) is 0 Å². The standard InChI is InChI=1S/C12H20N2O2S/c1-5-7-8-14(6-2)11(15)10-9(3)13(4)12(16)17-10/h5-8H2,1-4H3. The molecule has 0 N–H and O–H groups in total. The van der Waals surface area contributed by atoms with Crippen molar-refractivity contribution in [2.24, 2.45) is 7.05 Å². The highest BCUT2D eigenvalue weighted by molar-refractivity contribution is 7.11. The highest BCUT2D eigenvalue weighted by Crippen LogP contribution is 2.14. The molecule has 0 radical (unpaired) electrons.